The zero-order valence-electron chi connectivity index (χ0n) is 21.1. The van der Waals surface area contributed by atoms with Gasteiger partial charge in [-0.25, -0.2) is 14.2 Å². The smallest absolute Gasteiger partial charge is 0.450 e. The molecular formula is C27H29F4N3O5. The summed E-state index contributed by atoms with van der Waals surface area (Å²) in [5.41, 5.74) is 3.26. The second-order valence-electron chi connectivity index (χ2n) is 9.75. The minimum Gasteiger partial charge on any atom is -0.450 e. The molecule has 1 aromatic carbocycles. The van der Waals surface area contributed by atoms with Crippen molar-refractivity contribution in [1.82, 2.24) is 14.5 Å². The number of carbonyl (C=O) groups is 2. The first-order chi connectivity index (χ1) is 18.5. The highest BCUT2D eigenvalue weighted by molar-refractivity contribution is 5.84. The van der Waals surface area contributed by atoms with E-state index in [9.17, 15) is 22.4 Å². The molecule has 1 amide bonds. The molecule has 2 aromatic heterocycles. The molecule has 0 unspecified atom stereocenters. The highest BCUT2D eigenvalue weighted by Gasteiger charge is 2.33. The summed E-state index contributed by atoms with van der Waals surface area (Å²) in [6, 6.07) is 7.30. The van der Waals surface area contributed by atoms with Crippen LogP contribution in [0.1, 0.15) is 55.3 Å². The van der Waals surface area contributed by atoms with E-state index in [-0.39, 0.29) is 12.5 Å². The van der Waals surface area contributed by atoms with Gasteiger partial charge in [0.2, 0.25) is 5.91 Å². The zero-order valence-corrected chi connectivity index (χ0v) is 21.1. The number of benzene rings is 1. The zero-order chi connectivity index (χ0) is 28.2. The molecule has 0 bridgehead atoms. The number of pyridine rings is 1. The number of hydrogen-bond acceptors (Lipinski definition) is 4. The van der Waals surface area contributed by atoms with Crippen LogP contribution in [-0.4, -0.2) is 49.6 Å². The van der Waals surface area contributed by atoms with Crippen molar-refractivity contribution in [2.24, 2.45) is 5.92 Å². The number of rotatable bonds is 5. The van der Waals surface area contributed by atoms with Crippen LogP contribution >= 0.6 is 0 Å². The Kier molecular flexibility index (Phi) is 8.61. The highest BCUT2D eigenvalue weighted by atomic mass is 19.4. The number of fused-ring (bicyclic) bond motifs is 3. The van der Waals surface area contributed by atoms with Crippen LogP contribution in [0.4, 0.5) is 22.4 Å². The van der Waals surface area contributed by atoms with Gasteiger partial charge in [0.15, 0.2) is 11.6 Å². The van der Waals surface area contributed by atoms with Crippen molar-refractivity contribution < 1.29 is 42.1 Å². The molecule has 0 radical (unpaired) electrons. The van der Waals surface area contributed by atoms with E-state index >= 15 is 0 Å². The van der Waals surface area contributed by atoms with Gasteiger partial charge in [-0.1, -0.05) is 25.3 Å². The third-order valence-electron chi connectivity index (χ3n) is 7.12. The molecule has 2 aliphatic rings. The van der Waals surface area contributed by atoms with Gasteiger partial charge in [0.25, 0.3) is 0 Å². The number of ether oxygens (including phenoxy) is 1. The maximum absolute atomic E-state index is 14.3. The average molecular weight is 552 g/mol. The van der Waals surface area contributed by atoms with Crippen molar-refractivity contribution in [3.63, 3.8) is 0 Å². The fourth-order valence-electron chi connectivity index (χ4n) is 5.44. The average Bonchev–Trinajstić information content (AvgIpc) is 3.18. The number of amides is 1. The molecule has 8 nitrogen and oxygen atoms in total. The molecule has 1 saturated carbocycles. The number of hydrogen-bond donors (Lipinski definition) is 2. The largest absolute Gasteiger partial charge is 0.573 e. The van der Waals surface area contributed by atoms with Crippen molar-refractivity contribution in [3.05, 3.63) is 59.2 Å². The van der Waals surface area contributed by atoms with Gasteiger partial charge in [0.05, 0.1) is 6.54 Å². The first-order valence-electron chi connectivity index (χ1n) is 12.7. The molecule has 0 spiro atoms. The summed E-state index contributed by atoms with van der Waals surface area (Å²) in [7, 11) is 0. The standard InChI is InChI=1S/C26H27F4N3O2.CH2O3/c27-21-13-18(8-9-23(21)35-26(28,29)30)15-33-22-16-32(24(34)14-17-5-2-1-3-6-17)12-10-19(22)20-7-4-11-31-25(20)33;2-1(3)4/h4,7-9,11,13,17H,1-3,5-6,10,12,14-16H2;(H2,2,3,4). The Morgan fingerprint density at radius 2 is 1.82 bits per heavy atom. The Balaban J connectivity index is 0.000000826. The Labute approximate surface area is 221 Å². The summed E-state index contributed by atoms with van der Waals surface area (Å²) in [6.45, 7) is 1.30. The predicted octanol–water partition coefficient (Wildman–Crippen LogP) is 6.20. The lowest BCUT2D eigenvalue weighted by molar-refractivity contribution is -0.275. The molecule has 3 heterocycles. The Hall–Kier alpha value is -3.83. The van der Waals surface area contributed by atoms with Gasteiger partial charge in [-0.2, -0.15) is 0 Å². The third-order valence-corrected chi connectivity index (χ3v) is 7.12. The molecule has 5 rings (SSSR count). The maximum Gasteiger partial charge on any atom is 0.573 e. The molecule has 1 fully saturated rings. The highest BCUT2D eigenvalue weighted by Crippen LogP contribution is 2.33. The van der Waals surface area contributed by atoms with Crippen LogP contribution in [0, 0.1) is 11.7 Å². The lowest BCUT2D eigenvalue weighted by atomic mass is 9.86. The van der Waals surface area contributed by atoms with Crippen LogP contribution in [0.15, 0.2) is 36.5 Å². The molecule has 1 aliphatic carbocycles. The summed E-state index contributed by atoms with van der Waals surface area (Å²) in [6.07, 6.45) is 1.98. The topological polar surface area (TPSA) is 105 Å². The van der Waals surface area contributed by atoms with Gasteiger partial charge in [-0.05, 0) is 60.6 Å². The lowest BCUT2D eigenvalue weighted by Gasteiger charge is -2.31. The number of alkyl halides is 3. The second kappa shape index (κ2) is 11.9. The third kappa shape index (κ3) is 7.18. The van der Waals surface area contributed by atoms with Crippen LogP contribution in [0.25, 0.3) is 11.0 Å². The summed E-state index contributed by atoms with van der Waals surface area (Å²) in [5, 5.41) is 14.9. The number of aromatic nitrogens is 2. The number of carbonyl (C=O) groups excluding carboxylic acids is 1. The summed E-state index contributed by atoms with van der Waals surface area (Å²) in [5.74, 6) is -1.33. The van der Waals surface area contributed by atoms with Crippen LogP contribution in [0.5, 0.6) is 5.75 Å². The molecule has 210 valence electrons. The van der Waals surface area contributed by atoms with Crippen molar-refractivity contribution in [2.45, 2.75) is 64.4 Å². The monoisotopic (exact) mass is 551 g/mol. The lowest BCUT2D eigenvalue weighted by Crippen LogP contribution is -2.37. The van der Waals surface area contributed by atoms with E-state index in [1.165, 1.54) is 25.3 Å². The molecule has 1 aliphatic heterocycles. The SMILES string of the molecule is O=C(CC1CCCCC1)N1CCc2c(n(Cc3ccc(OC(F)(F)F)c(F)c3)c3ncccc23)C1.O=C(O)O. The Morgan fingerprint density at radius 1 is 1.10 bits per heavy atom. The van der Waals surface area contributed by atoms with Gasteiger partial charge < -0.3 is 24.4 Å². The van der Waals surface area contributed by atoms with Gasteiger partial charge in [0, 0.05) is 36.8 Å². The van der Waals surface area contributed by atoms with Gasteiger partial charge in [-0.3, -0.25) is 4.79 Å². The Morgan fingerprint density at radius 3 is 2.49 bits per heavy atom. The Bertz CT molecular complexity index is 1330. The number of nitrogens with zero attached hydrogens (tertiary/aromatic N) is 3. The van der Waals surface area contributed by atoms with Crippen LogP contribution in [-0.2, 0) is 24.3 Å². The number of halogens is 4. The minimum atomic E-state index is -4.96. The normalized spacial score (nSPS) is 15.8. The summed E-state index contributed by atoms with van der Waals surface area (Å²) < 4.78 is 57.6. The van der Waals surface area contributed by atoms with E-state index in [0.29, 0.717) is 37.4 Å². The summed E-state index contributed by atoms with van der Waals surface area (Å²) >= 11 is 0. The van der Waals surface area contributed by atoms with Gasteiger partial charge >= 0.3 is 12.5 Å². The number of carboxylic acid groups (broad SMARTS) is 2. The maximum atomic E-state index is 14.3. The van der Waals surface area contributed by atoms with Crippen molar-refractivity contribution >= 4 is 23.1 Å². The molecule has 3 aromatic rings. The summed E-state index contributed by atoms with van der Waals surface area (Å²) in [4.78, 5) is 28.1. The van der Waals surface area contributed by atoms with E-state index in [4.69, 9.17) is 15.0 Å². The molecule has 39 heavy (non-hydrogen) atoms. The van der Waals surface area contributed by atoms with Crippen LogP contribution in [0.2, 0.25) is 0 Å². The van der Waals surface area contributed by atoms with E-state index in [1.807, 2.05) is 21.6 Å². The van der Waals surface area contributed by atoms with Crippen molar-refractivity contribution in [1.29, 1.82) is 0 Å². The minimum absolute atomic E-state index is 0.159. The van der Waals surface area contributed by atoms with Crippen LogP contribution in [0.3, 0.4) is 0 Å². The molecule has 0 atom stereocenters. The van der Waals surface area contributed by atoms with Crippen molar-refractivity contribution in [2.75, 3.05) is 6.54 Å². The van der Waals surface area contributed by atoms with Gasteiger partial charge in [0.1, 0.15) is 5.65 Å². The molecule has 2 N–H and O–H groups in total. The fourth-order valence-corrected chi connectivity index (χ4v) is 5.44. The van der Waals surface area contributed by atoms with Crippen molar-refractivity contribution in [3.8, 4) is 5.75 Å². The first kappa shape index (κ1) is 28.2. The molecular weight excluding hydrogens is 522 g/mol. The van der Waals surface area contributed by atoms with E-state index in [1.54, 1.807) is 6.20 Å². The van der Waals surface area contributed by atoms with Gasteiger partial charge in [-0.15, -0.1) is 13.2 Å². The van der Waals surface area contributed by atoms with E-state index < -0.39 is 24.1 Å². The van der Waals surface area contributed by atoms with E-state index in [2.05, 4.69) is 9.72 Å². The molecule has 12 heteroatoms. The van der Waals surface area contributed by atoms with Crippen LogP contribution < -0.4 is 4.74 Å². The quantitative estimate of drug-likeness (QED) is 0.366. The predicted molar refractivity (Wildman–Crippen MR) is 133 cm³/mol. The fraction of sp³-hybridized carbons (Fsp3) is 0.444. The first-order valence-corrected chi connectivity index (χ1v) is 12.7. The molecule has 0 saturated heterocycles. The second-order valence-corrected chi connectivity index (χ2v) is 9.75. The van der Waals surface area contributed by atoms with E-state index in [0.717, 1.165) is 47.3 Å².